The number of carbonyl (C=O) groups excluding carboxylic acids is 1. The van der Waals surface area contributed by atoms with Gasteiger partial charge in [-0.3, -0.25) is 4.79 Å². The van der Waals surface area contributed by atoms with Gasteiger partial charge < -0.3 is 19.4 Å². The molecule has 0 aliphatic carbocycles. The molecule has 1 fully saturated rings. The standard InChI is InChI=1S/C24H27N3O5S/c1-3-31-19-10-12-21(13-11-19)32-20-8-6-18(7-9-20)25-24(28)23-16-22(17-26(23)2)33(29,30)27-14-4-5-15-27/h6-13,16-17H,3-5,14-15H2,1-2H3,(H,25,28). The summed E-state index contributed by atoms with van der Waals surface area (Å²) in [5, 5.41) is 2.81. The predicted molar refractivity (Wildman–Crippen MR) is 125 cm³/mol. The van der Waals surface area contributed by atoms with Crippen molar-refractivity contribution in [3.63, 3.8) is 0 Å². The van der Waals surface area contributed by atoms with E-state index in [0.717, 1.165) is 18.6 Å². The zero-order valence-electron chi connectivity index (χ0n) is 18.7. The number of benzene rings is 2. The predicted octanol–water partition coefficient (Wildman–Crippen LogP) is 4.25. The number of amides is 1. The molecule has 1 amide bonds. The molecular weight excluding hydrogens is 442 g/mol. The Labute approximate surface area is 193 Å². The second-order valence-electron chi connectivity index (χ2n) is 7.77. The lowest BCUT2D eigenvalue weighted by Crippen LogP contribution is -2.27. The number of nitrogens with one attached hydrogen (secondary N) is 1. The van der Waals surface area contributed by atoms with Crippen molar-refractivity contribution in [1.29, 1.82) is 0 Å². The van der Waals surface area contributed by atoms with Gasteiger partial charge in [0.15, 0.2) is 0 Å². The third-order valence-corrected chi connectivity index (χ3v) is 7.26. The molecular formula is C24H27N3O5S. The van der Waals surface area contributed by atoms with Crippen molar-refractivity contribution < 1.29 is 22.7 Å². The van der Waals surface area contributed by atoms with Crippen LogP contribution in [-0.2, 0) is 17.1 Å². The maximum Gasteiger partial charge on any atom is 0.272 e. The zero-order valence-corrected chi connectivity index (χ0v) is 19.5. The maximum atomic E-state index is 12.8. The molecule has 0 unspecified atom stereocenters. The van der Waals surface area contributed by atoms with Gasteiger partial charge in [-0.15, -0.1) is 0 Å². The van der Waals surface area contributed by atoms with E-state index in [4.69, 9.17) is 9.47 Å². The van der Waals surface area contributed by atoms with Crippen LogP contribution in [0.3, 0.4) is 0 Å². The summed E-state index contributed by atoms with van der Waals surface area (Å²) in [4.78, 5) is 12.9. The second-order valence-corrected chi connectivity index (χ2v) is 9.71. The molecule has 1 saturated heterocycles. The van der Waals surface area contributed by atoms with E-state index in [1.165, 1.54) is 21.1 Å². The monoisotopic (exact) mass is 469 g/mol. The van der Waals surface area contributed by atoms with Crippen molar-refractivity contribution in [1.82, 2.24) is 8.87 Å². The smallest absolute Gasteiger partial charge is 0.272 e. The van der Waals surface area contributed by atoms with Crippen LogP contribution in [0.5, 0.6) is 17.2 Å². The number of sulfonamides is 1. The number of nitrogens with zero attached hydrogens (tertiary/aromatic N) is 2. The van der Waals surface area contributed by atoms with Crippen molar-refractivity contribution >= 4 is 21.6 Å². The highest BCUT2D eigenvalue weighted by Crippen LogP contribution is 2.26. The molecule has 1 N–H and O–H groups in total. The van der Waals surface area contributed by atoms with E-state index < -0.39 is 10.0 Å². The number of hydrogen-bond donors (Lipinski definition) is 1. The van der Waals surface area contributed by atoms with E-state index in [2.05, 4.69) is 5.32 Å². The topological polar surface area (TPSA) is 89.9 Å². The average molecular weight is 470 g/mol. The highest BCUT2D eigenvalue weighted by Gasteiger charge is 2.29. The lowest BCUT2D eigenvalue weighted by atomic mass is 10.2. The Balaban J connectivity index is 1.41. The molecule has 1 aliphatic heterocycles. The fourth-order valence-electron chi connectivity index (χ4n) is 3.69. The first kappa shape index (κ1) is 22.9. The number of hydrogen-bond acceptors (Lipinski definition) is 5. The Morgan fingerprint density at radius 1 is 0.970 bits per heavy atom. The van der Waals surface area contributed by atoms with Gasteiger partial charge in [-0.2, -0.15) is 4.31 Å². The van der Waals surface area contributed by atoms with Crippen LogP contribution in [0.4, 0.5) is 5.69 Å². The summed E-state index contributed by atoms with van der Waals surface area (Å²) in [6.45, 7) is 3.57. The summed E-state index contributed by atoms with van der Waals surface area (Å²) in [7, 11) is -1.92. The minimum absolute atomic E-state index is 0.135. The van der Waals surface area contributed by atoms with Crippen molar-refractivity contribution in [2.24, 2.45) is 7.05 Å². The highest BCUT2D eigenvalue weighted by molar-refractivity contribution is 7.89. The molecule has 174 valence electrons. The summed E-state index contributed by atoms with van der Waals surface area (Å²) in [5.74, 6) is 1.68. The van der Waals surface area contributed by atoms with E-state index in [0.29, 0.717) is 36.9 Å². The Bertz CT molecular complexity index is 1210. The number of carbonyl (C=O) groups is 1. The molecule has 4 rings (SSSR count). The third-order valence-electron chi connectivity index (χ3n) is 5.40. The quantitative estimate of drug-likeness (QED) is 0.533. The molecule has 0 spiro atoms. The maximum absolute atomic E-state index is 12.8. The molecule has 0 atom stereocenters. The SMILES string of the molecule is CCOc1ccc(Oc2ccc(NC(=O)c3cc(S(=O)(=O)N4CCCC4)cn3C)cc2)cc1. The number of anilines is 1. The minimum atomic E-state index is -3.58. The lowest BCUT2D eigenvalue weighted by Gasteiger charge is -2.13. The second kappa shape index (κ2) is 9.68. The van der Waals surface area contributed by atoms with Crippen molar-refractivity contribution in [2.45, 2.75) is 24.7 Å². The fraction of sp³-hybridized carbons (Fsp3) is 0.292. The molecule has 0 radical (unpaired) electrons. The number of aryl methyl sites for hydroxylation is 1. The summed E-state index contributed by atoms with van der Waals surface area (Å²) in [6, 6.07) is 15.7. The van der Waals surface area contributed by atoms with Gasteiger partial charge in [0.25, 0.3) is 5.91 Å². The van der Waals surface area contributed by atoms with E-state index in [9.17, 15) is 13.2 Å². The normalized spacial score (nSPS) is 14.2. The Morgan fingerprint density at radius 3 is 2.15 bits per heavy atom. The van der Waals surface area contributed by atoms with Crippen LogP contribution in [-0.4, -0.2) is 42.9 Å². The van der Waals surface area contributed by atoms with Gasteiger partial charge in [-0.1, -0.05) is 0 Å². The van der Waals surface area contributed by atoms with Gasteiger partial charge in [0.2, 0.25) is 10.0 Å². The van der Waals surface area contributed by atoms with Crippen LogP contribution < -0.4 is 14.8 Å². The van der Waals surface area contributed by atoms with Crippen LogP contribution in [0.15, 0.2) is 65.7 Å². The first-order chi connectivity index (χ1) is 15.9. The van der Waals surface area contributed by atoms with E-state index >= 15 is 0 Å². The fourth-order valence-corrected chi connectivity index (χ4v) is 5.28. The minimum Gasteiger partial charge on any atom is -0.494 e. The summed E-state index contributed by atoms with van der Waals surface area (Å²) in [5.41, 5.74) is 0.840. The van der Waals surface area contributed by atoms with Crippen LogP contribution in [0.1, 0.15) is 30.3 Å². The van der Waals surface area contributed by atoms with Crippen molar-refractivity contribution in [3.8, 4) is 17.2 Å². The van der Waals surface area contributed by atoms with Gasteiger partial charge in [-0.05, 0) is 74.4 Å². The van der Waals surface area contributed by atoms with Gasteiger partial charge >= 0.3 is 0 Å². The highest BCUT2D eigenvalue weighted by atomic mass is 32.2. The van der Waals surface area contributed by atoms with Crippen molar-refractivity contribution in [2.75, 3.05) is 25.0 Å². The Morgan fingerprint density at radius 2 is 1.55 bits per heavy atom. The first-order valence-electron chi connectivity index (χ1n) is 10.9. The molecule has 2 heterocycles. The van der Waals surface area contributed by atoms with Crippen LogP contribution >= 0.6 is 0 Å². The summed E-state index contributed by atoms with van der Waals surface area (Å²) >= 11 is 0. The van der Waals surface area contributed by atoms with Crippen LogP contribution in [0.25, 0.3) is 0 Å². The van der Waals surface area contributed by atoms with Gasteiger partial charge in [-0.25, -0.2) is 8.42 Å². The van der Waals surface area contributed by atoms with E-state index in [1.807, 2.05) is 31.2 Å². The number of rotatable bonds is 8. The molecule has 0 bridgehead atoms. The largest absolute Gasteiger partial charge is 0.494 e. The molecule has 1 aromatic heterocycles. The van der Waals surface area contributed by atoms with Crippen LogP contribution in [0.2, 0.25) is 0 Å². The number of aromatic nitrogens is 1. The van der Waals surface area contributed by atoms with E-state index in [1.54, 1.807) is 31.3 Å². The van der Waals surface area contributed by atoms with Crippen LogP contribution in [0, 0.1) is 0 Å². The van der Waals surface area contributed by atoms with Gasteiger partial charge in [0, 0.05) is 32.0 Å². The molecule has 3 aromatic rings. The van der Waals surface area contributed by atoms with Crippen molar-refractivity contribution in [3.05, 3.63) is 66.5 Å². The molecule has 9 heteroatoms. The molecule has 33 heavy (non-hydrogen) atoms. The Hall–Kier alpha value is -3.30. The Kier molecular flexibility index (Phi) is 6.71. The van der Waals surface area contributed by atoms with Gasteiger partial charge in [0.05, 0.1) is 6.61 Å². The molecule has 8 nitrogen and oxygen atoms in total. The van der Waals surface area contributed by atoms with E-state index in [-0.39, 0.29) is 16.5 Å². The molecule has 1 aliphatic rings. The zero-order chi connectivity index (χ0) is 23.4. The molecule has 2 aromatic carbocycles. The summed E-state index contributed by atoms with van der Waals surface area (Å²) < 4.78 is 39.8. The lowest BCUT2D eigenvalue weighted by molar-refractivity contribution is 0.101. The first-order valence-corrected chi connectivity index (χ1v) is 12.3. The number of ether oxygens (including phenoxy) is 2. The third kappa shape index (κ3) is 5.20. The van der Waals surface area contributed by atoms with Gasteiger partial charge in [0.1, 0.15) is 27.8 Å². The average Bonchev–Trinajstić information content (AvgIpc) is 3.47. The molecule has 0 saturated carbocycles. The summed E-state index contributed by atoms with van der Waals surface area (Å²) in [6.07, 6.45) is 3.20.